The van der Waals surface area contributed by atoms with Gasteiger partial charge in [-0.05, 0) is 25.5 Å². The lowest BCUT2D eigenvalue weighted by Gasteiger charge is -2.19. The summed E-state index contributed by atoms with van der Waals surface area (Å²) >= 11 is 0. The van der Waals surface area contributed by atoms with E-state index in [4.69, 9.17) is 5.73 Å². The van der Waals surface area contributed by atoms with Crippen LogP contribution in [-0.2, 0) is 5.41 Å². The van der Waals surface area contributed by atoms with E-state index in [1.54, 1.807) is 0 Å². The largest absolute Gasteiger partial charge is 0.298 e. The topological polar surface area (TPSA) is 45.7 Å². The van der Waals surface area contributed by atoms with Crippen LogP contribution in [0.15, 0.2) is 30.3 Å². The molecule has 1 aromatic carbocycles. The van der Waals surface area contributed by atoms with Crippen molar-refractivity contribution in [3.63, 3.8) is 0 Å². The van der Waals surface area contributed by atoms with E-state index in [1.165, 1.54) is 11.3 Å². The van der Waals surface area contributed by atoms with Crippen molar-refractivity contribution in [2.45, 2.75) is 39.5 Å². The molecule has 2 aromatic rings. The van der Waals surface area contributed by atoms with Crippen molar-refractivity contribution >= 4 is 5.82 Å². The van der Waals surface area contributed by atoms with E-state index in [9.17, 15) is 0 Å². The second-order valence-corrected chi connectivity index (χ2v) is 5.50. The third-order valence-corrected chi connectivity index (χ3v) is 3.69. The normalized spacial score (nSPS) is 11.8. The standard InChI is InChI=1S/C15H21N3/c1-5-15(3,4)13-10-14(16)18(17-13)12-8-6-11(2)7-9-12/h6-10H,5H2,1-4H3,(H2,16,17)/p+1. The van der Waals surface area contributed by atoms with Crippen LogP contribution in [0.5, 0.6) is 0 Å². The van der Waals surface area contributed by atoms with Crippen molar-refractivity contribution in [3.05, 3.63) is 41.6 Å². The molecule has 0 atom stereocenters. The molecule has 2 rings (SSSR count). The summed E-state index contributed by atoms with van der Waals surface area (Å²) in [7, 11) is 0. The van der Waals surface area contributed by atoms with Crippen molar-refractivity contribution in [1.82, 2.24) is 5.10 Å². The molecule has 0 bridgehead atoms. The molecule has 0 aliphatic heterocycles. The minimum Gasteiger partial charge on any atom is -0.285 e. The van der Waals surface area contributed by atoms with Gasteiger partial charge in [-0.2, -0.15) is 0 Å². The van der Waals surface area contributed by atoms with Crippen molar-refractivity contribution in [1.29, 1.82) is 0 Å². The quantitative estimate of drug-likeness (QED) is 0.801. The van der Waals surface area contributed by atoms with Crippen molar-refractivity contribution in [2.24, 2.45) is 0 Å². The second kappa shape index (κ2) is 4.48. The van der Waals surface area contributed by atoms with Gasteiger partial charge in [-0.15, -0.1) is 4.68 Å². The maximum absolute atomic E-state index is 6.09. The predicted molar refractivity (Wildman–Crippen MR) is 74.8 cm³/mol. The smallest absolute Gasteiger partial charge is 0.285 e. The molecule has 96 valence electrons. The molecular weight excluding hydrogens is 222 g/mol. The third-order valence-electron chi connectivity index (χ3n) is 3.69. The summed E-state index contributed by atoms with van der Waals surface area (Å²) in [6.07, 6.45) is 1.07. The molecule has 0 unspecified atom stereocenters. The average Bonchev–Trinajstić information content (AvgIpc) is 2.73. The molecule has 1 heterocycles. The Morgan fingerprint density at radius 2 is 1.83 bits per heavy atom. The predicted octanol–water partition coefficient (Wildman–Crippen LogP) is 2.87. The van der Waals surface area contributed by atoms with Gasteiger partial charge in [-0.3, -0.25) is 5.73 Å². The van der Waals surface area contributed by atoms with Gasteiger partial charge < -0.3 is 0 Å². The fourth-order valence-electron chi connectivity index (χ4n) is 1.87. The van der Waals surface area contributed by atoms with Gasteiger partial charge in [-0.1, -0.05) is 38.5 Å². The van der Waals surface area contributed by atoms with Crippen LogP contribution in [0.2, 0.25) is 0 Å². The second-order valence-electron chi connectivity index (χ2n) is 5.50. The highest BCUT2D eigenvalue weighted by molar-refractivity contribution is 5.33. The Kier molecular flexibility index (Phi) is 3.16. The first-order valence-electron chi connectivity index (χ1n) is 6.42. The number of hydrogen-bond acceptors (Lipinski definition) is 1. The maximum Gasteiger partial charge on any atom is 0.298 e. The molecular formula is C15H22N3+. The lowest BCUT2D eigenvalue weighted by Crippen LogP contribution is -2.36. The van der Waals surface area contributed by atoms with Gasteiger partial charge in [-0.25, -0.2) is 5.10 Å². The zero-order valence-electron chi connectivity index (χ0n) is 11.6. The van der Waals surface area contributed by atoms with E-state index >= 15 is 0 Å². The van der Waals surface area contributed by atoms with E-state index in [0.717, 1.165) is 17.9 Å². The van der Waals surface area contributed by atoms with Crippen molar-refractivity contribution < 1.29 is 4.68 Å². The zero-order valence-corrected chi connectivity index (χ0v) is 11.6. The Morgan fingerprint density at radius 1 is 1.22 bits per heavy atom. The number of aromatic nitrogens is 2. The molecule has 3 heteroatoms. The first kappa shape index (κ1) is 12.7. The summed E-state index contributed by atoms with van der Waals surface area (Å²) in [5.41, 5.74) is 9.69. The average molecular weight is 244 g/mol. The summed E-state index contributed by atoms with van der Waals surface area (Å²) < 4.78 is 1.94. The van der Waals surface area contributed by atoms with Crippen LogP contribution in [0, 0.1) is 6.92 Å². The highest BCUT2D eigenvalue weighted by Gasteiger charge is 2.24. The van der Waals surface area contributed by atoms with Gasteiger partial charge in [0.25, 0.3) is 5.82 Å². The van der Waals surface area contributed by atoms with Crippen LogP contribution < -0.4 is 10.4 Å². The monoisotopic (exact) mass is 244 g/mol. The van der Waals surface area contributed by atoms with E-state index < -0.39 is 0 Å². The molecule has 0 spiro atoms. The van der Waals surface area contributed by atoms with Crippen LogP contribution in [0.3, 0.4) is 0 Å². The summed E-state index contributed by atoms with van der Waals surface area (Å²) in [6.45, 7) is 8.71. The number of aromatic amines is 1. The van der Waals surface area contributed by atoms with Crippen molar-refractivity contribution in [3.8, 4) is 5.69 Å². The molecule has 1 aromatic heterocycles. The van der Waals surface area contributed by atoms with Crippen LogP contribution >= 0.6 is 0 Å². The van der Waals surface area contributed by atoms with E-state index in [2.05, 4.69) is 57.1 Å². The Labute approximate surface area is 109 Å². The highest BCUT2D eigenvalue weighted by atomic mass is 15.3. The Balaban J connectivity index is 2.44. The Hall–Kier alpha value is -1.77. The summed E-state index contributed by atoms with van der Waals surface area (Å²) in [5, 5.41) is 3.40. The molecule has 0 aliphatic rings. The number of nitrogens with two attached hydrogens (primary N) is 1. The summed E-state index contributed by atoms with van der Waals surface area (Å²) in [4.78, 5) is 0. The summed E-state index contributed by atoms with van der Waals surface area (Å²) in [5.74, 6) is 0.746. The van der Waals surface area contributed by atoms with E-state index in [-0.39, 0.29) is 5.41 Å². The highest BCUT2D eigenvalue weighted by Crippen LogP contribution is 2.25. The van der Waals surface area contributed by atoms with Crippen LogP contribution in [0.4, 0.5) is 5.82 Å². The molecule has 0 saturated carbocycles. The number of nitrogens with one attached hydrogen (secondary N) is 1. The maximum atomic E-state index is 6.09. The number of nitrogens with zero attached hydrogens (tertiary/aromatic N) is 1. The van der Waals surface area contributed by atoms with Gasteiger partial charge in [0.15, 0.2) is 5.69 Å². The van der Waals surface area contributed by atoms with E-state index in [0.29, 0.717) is 0 Å². The molecule has 18 heavy (non-hydrogen) atoms. The number of anilines is 1. The minimum absolute atomic E-state index is 0.115. The number of benzene rings is 1. The van der Waals surface area contributed by atoms with Crippen LogP contribution in [0.1, 0.15) is 38.4 Å². The minimum atomic E-state index is 0.115. The first-order valence-corrected chi connectivity index (χ1v) is 6.42. The van der Waals surface area contributed by atoms with Crippen LogP contribution in [0.25, 0.3) is 5.69 Å². The lowest BCUT2D eigenvalue weighted by atomic mass is 9.87. The fraction of sp³-hybridized carbons (Fsp3) is 0.400. The Bertz CT molecular complexity index is 535. The molecule has 0 aliphatic carbocycles. The molecule has 3 nitrogen and oxygen atoms in total. The van der Waals surface area contributed by atoms with Gasteiger partial charge >= 0.3 is 0 Å². The zero-order chi connectivity index (χ0) is 13.3. The van der Waals surface area contributed by atoms with Gasteiger partial charge in [0.2, 0.25) is 0 Å². The van der Waals surface area contributed by atoms with Crippen LogP contribution in [-0.4, -0.2) is 5.10 Å². The fourth-order valence-corrected chi connectivity index (χ4v) is 1.87. The molecule has 0 radical (unpaired) electrons. The Morgan fingerprint density at radius 3 is 2.39 bits per heavy atom. The number of rotatable bonds is 3. The van der Waals surface area contributed by atoms with Gasteiger partial charge in [0.05, 0.1) is 11.8 Å². The molecule has 0 saturated heterocycles. The summed E-state index contributed by atoms with van der Waals surface area (Å²) in [6, 6.07) is 10.4. The van der Waals surface area contributed by atoms with Gasteiger partial charge in [0, 0.05) is 5.41 Å². The number of hydrogen-bond donors (Lipinski definition) is 2. The number of nitrogen functional groups attached to an aromatic ring is 1. The molecule has 0 fully saturated rings. The third kappa shape index (κ3) is 2.26. The van der Waals surface area contributed by atoms with Crippen molar-refractivity contribution in [2.75, 3.05) is 5.73 Å². The SMILES string of the molecule is CCC(C)(C)c1cc(N)[n+](-c2ccc(C)cc2)[nH]1. The molecule has 0 amide bonds. The number of aryl methyl sites for hydroxylation is 1. The number of H-pyrrole nitrogens is 1. The first-order chi connectivity index (χ1) is 8.44. The molecule has 3 N–H and O–H groups in total. The van der Waals surface area contributed by atoms with Gasteiger partial charge in [0.1, 0.15) is 0 Å². The van der Waals surface area contributed by atoms with E-state index in [1.807, 2.05) is 10.7 Å². The lowest BCUT2D eigenvalue weighted by molar-refractivity contribution is -0.641.